The van der Waals surface area contributed by atoms with Gasteiger partial charge in [0, 0.05) is 37.9 Å². The predicted molar refractivity (Wildman–Crippen MR) is 99.4 cm³/mol. The quantitative estimate of drug-likeness (QED) is 0.851. The smallest absolute Gasteiger partial charge is 0.253 e. The number of nitrogens with one attached hydrogen (secondary N) is 1. The minimum Gasteiger partial charge on any atom is -0.341 e. The maximum atomic E-state index is 13.0. The zero-order valence-electron chi connectivity index (χ0n) is 14.7. The van der Waals surface area contributed by atoms with E-state index in [4.69, 9.17) is 5.73 Å². The van der Waals surface area contributed by atoms with E-state index in [-0.39, 0.29) is 17.9 Å². The summed E-state index contributed by atoms with van der Waals surface area (Å²) in [7, 11) is 0. The zero-order chi connectivity index (χ0) is 18.4. The number of carbonyl (C=O) groups is 2. The number of hydrogen-bond acceptors (Lipinski definition) is 4. The highest BCUT2D eigenvalue weighted by atomic mass is 16.2. The summed E-state index contributed by atoms with van der Waals surface area (Å²) in [6.07, 6.45) is 5.15. The summed E-state index contributed by atoms with van der Waals surface area (Å²) < 4.78 is 0. The number of aromatic nitrogens is 1. The Hall–Kier alpha value is -2.73. The van der Waals surface area contributed by atoms with E-state index in [1.807, 2.05) is 30.3 Å². The molecule has 3 rings (SSSR count). The highest BCUT2D eigenvalue weighted by Crippen LogP contribution is 2.13. The van der Waals surface area contributed by atoms with Gasteiger partial charge in [-0.25, -0.2) is 0 Å². The van der Waals surface area contributed by atoms with Crippen molar-refractivity contribution in [2.45, 2.75) is 31.3 Å². The van der Waals surface area contributed by atoms with Crippen molar-refractivity contribution in [2.75, 3.05) is 13.1 Å². The van der Waals surface area contributed by atoms with Gasteiger partial charge in [0.15, 0.2) is 0 Å². The van der Waals surface area contributed by atoms with Gasteiger partial charge in [-0.2, -0.15) is 0 Å². The number of rotatable bonds is 5. The Morgan fingerprint density at radius 2 is 1.88 bits per heavy atom. The van der Waals surface area contributed by atoms with E-state index < -0.39 is 6.04 Å². The summed E-state index contributed by atoms with van der Waals surface area (Å²) in [6.45, 7) is 1.27. The summed E-state index contributed by atoms with van der Waals surface area (Å²) in [5, 5.41) is 2.89. The topological polar surface area (TPSA) is 88.3 Å². The molecule has 0 spiro atoms. The normalized spacial score (nSPS) is 16.1. The predicted octanol–water partition coefficient (Wildman–Crippen LogP) is 1.37. The van der Waals surface area contributed by atoms with Crippen LogP contribution < -0.4 is 11.1 Å². The van der Waals surface area contributed by atoms with Gasteiger partial charge < -0.3 is 16.0 Å². The Bertz CT molecular complexity index is 728. The van der Waals surface area contributed by atoms with Crippen LogP contribution in [0.2, 0.25) is 0 Å². The highest BCUT2D eigenvalue weighted by molar-refractivity contribution is 5.97. The molecule has 1 atom stereocenters. The van der Waals surface area contributed by atoms with Crippen molar-refractivity contribution in [3.05, 3.63) is 66.0 Å². The molecule has 1 aliphatic heterocycles. The van der Waals surface area contributed by atoms with Gasteiger partial charge in [-0.05, 0) is 30.5 Å². The molecule has 1 aromatic carbocycles. The fourth-order valence-corrected chi connectivity index (χ4v) is 3.13. The second-order valence-electron chi connectivity index (χ2n) is 6.62. The number of benzene rings is 1. The Morgan fingerprint density at radius 3 is 2.54 bits per heavy atom. The van der Waals surface area contributed by atoms with Crippen LogP contribution in [0.5, 0.6) is 0 Å². The Labute approximate surface area is 153 Å². The summed E-state index contributed by atoms with van der Waals surface area (Å²) >= 11 is 0. The SMILES string of the molecule is NC1CCN(C(=O)C(Cc2ccccc2)NC(=O)c2cccnc2)CC1. The lowest BCUT2D eigenvalue weighted by Crippen LogP contribution is -2.52. The van der Waals surface area contributed by atoms with Crippen LogP contribution in [0.25, 0.3) is 0 Å². The first-order valence-corrected chi connectivity index (χ1v) is 8.92. The summed E-state index contributed by atoms with van der Waals surface area (Å²) in [6, 6.07) is 12.6. The molecule has 0 bridgehead atoms. The number of nitrogens with zero attached hydrogens (tertiary/aromatic N) is 2. The number of amides is 2. The van der Waals surface area contributed by atoms with Gasteiger partial charge in [-0.1, -0.05) is 30.3 Å². The van der Waals surface area contributed by atoms with Crippen LogP contribution in [0.4, 0.5) is 0 Å². The molecule has 136 valence electrons. The highest BCUT2D eigenvalue weighted by Gasteiger charge is 2.29. The number of likely N-dealkylation sites (tertiary alicyclic amines) is 1. The number of nitrogens with two attached hydrogens (primary N) is 1. The lowest BCUT2D eigenvalue weighted by atomic mass is 10.0. The zero-order valence-corrected chi connectivity index (χ0v) is 14.7. The molecule has 2 aromatic rings. The van der Waals surface area contributed by atoms with Crippen molar-refractivity contribution in [3.63, 3.8) is 0 Å². The van der Waals surface area contributed by atoms with E-state index in [0.717, 1.165) is 18.4 Å². The Kier molecular flexibility index (Phi) is 5.96. The molecule has 3 N–H and O–H groups in total. The number of pyridine rings is 1. The maximum absolute atomic E-state index is 13.0. The van der Waals surface area contributed by atoms with E-state index in [1.165, 1.54) is 6.20 Å². The second-order valence-corrected chi connectivity index (χ2v) is 6.62. The number of hydrogen-bond donors (Lipinski definition) is 2. The van der Waals surface area contributed by atoms with Crippen LogP contribution in [0.3, 0.4) is 0 Å². The maximum Gasteiger partial charge on any atom is 0.253 e. The van der Waals surface area contributed by atoms with Crippen molar-refractivity contribution < 1.29 is 9.59 Å². The molecule has 0 radical (unpaired) electrons. The molecule has 1 unspecified atom stereocenters. The minimum absolute atomic E-state index is 0.0574. The molecule has 26 heavy (non-hydrogen) atoms. The molecule has 1 aromatic heterocycles. The van der Waals surface area contributed by atoms with Crippen molar-refractivity contribution in [1.82, 2.24) is 15.2 Å². The molecule has 0 saturated carbocycles. The van der Waals surface area contributed by atoms with Crippen LogP contribution >= 0.6 is 0 Å². The van der Waals surface area contributed by atoms with Crippen LogP contribution in [0.15, 0.2) is 54.9 Å². The minimum atomic E-state index is -0.612. The molecule has 6 heteroatoms. The molecular formula is C20H24N4O2. The number of carbonyl (C=O) groups excluding carboxylic acids is 2. The third-order valence-electron chi connectivity index (χ3n) is 4.66. The van der Waals surface area contributed by atoms with Crippen molar-refractivity contribution in [3.8, 4) is 0 Å². The van der Waals surface area contributed by atoms with Crippen LogP contribution in [0.1, 0.15) is 28.8 Å². The molecule has 1 fully saturated rings. The van der Waals surface area contributed by atoms with Gasteiger partial charge in [-0.15, -0.1) is 0 Å². The van der Waals surface area contributed by atoms with Gasteiger partial charge in [0.05, 0.1) is 5.56 Å². The Morgan fingerprint density at radius 1 is 1.15 bits per heavy atom. The van der Waals surface area contributed by atoms with Crippen LogP contribution in [-0.4, -0.2) is 46.9 Å². The van der Waals surface area contributed by atoms with Crippen molar-refractivity contribution >= 4 is 11.8 Å². The molecule has 2 heterocycles. The number of piperidine rings is 1. The van der Waals surface area contributed by atoms with Crippen molar-refractivity contribution in [2.24, 2.45) is 5.73 Å². The van der Waals surface area contributed by atoms with E-state index in [0.29, 0.717) is 25.1 Å². The third-order valence-corrected chi connectivity index (χ3v) is 4.66. The molecule has 2 amide bonds. The Balaban J connectivity index is 1.75. The first kappa shape index (κ1) is 18.1. The summed E-state index contributed by atoms with van der Waals surface area (Å²) in [4.78, 5) is 31.3. The van der Waals surface area contributed by atoms with Crippen LogP contribution in [0, 0.1) is 0 Å². The van der Waals surface area contributed by atoms with E-state index in [2.05, 4.69) is 10.3 Å². The first-order valence-electron chi connectivity index (χ1n) is 8.92. The molecule has 6 nitrogen and oxygen atoms in total. The fourth-order valence-electron chi connectivity index (χ4n) is 3.13. The van der Waals surface area contributed by atoms with E-state index >= 15 is 0 Å². The van der Waals surface area contributed by atoms with E-state index in [1.54, 1.807) is 23.2 Å². The van der Waals surface area contributed by atoms with Gasteiger partial charge in [-0.3, -0.25) is 14.6 Å². The monoisotopic (exact) mass is 352 g/mol. The molecule has 1 aliphatic rings. The van der Waals surface area contributed by atoms with Gasteiger partial charge in [0.25, 0.3) is 5.91 Å². The van der Waals surface area contributed by atoms with Gasteiger partial charge in [0.1, 0.15) is 6.04 Å². The largest absolute Gasteiger partial charge is 0.341 e. The van der Waals surface area contributed by atoms with Gasteiger partial charge >= 0.3 is 0 Å². The first-order chi connectivity index (χ1) is 12.6. The summed E-state index contributed by atoms with van der Waals surface area (Å²) in [5.41, 5.74) is 7.39. The van der Waals surface area contributed by atoms with Crippen LogP contribution in [-0.2, 0) is 11.2 Å². The third kappa shape index (κ3) is 4.67. The lowest BCUT2D eigenvalue weighted by Gasteiger charge is -2.33. The van der Waals surface area contributed by atoms with Crippen molar-refractivity contribution in [1.29, 1.82) is 0 Å². The van der Waals surface area contributed by atoms with Gasteiger partial charge in [0.2, 0.25) is 5.91 Å². The standard InChI is InChI=1S/C20H24N4O2/c21-17-8-11-24(12-9-17)20(26)18(13-15-5-2-1-3-6-15)23-19(25)16-7-4-10-22-14-16/h1-7,10,14,17-18H,8-9,11-13,21H2,(H,23,25). The molecular weight excluding hydrogens is 328 g/mol. The fraction of sp³-hybridized carbons (Fsp3) is 0.350. The lowest BCUT2D eigenvalue weighted by molar-refractivity contribution is -0.134. The molecule has 1 saturated heterocycles. The van der Waals surface area contributed by atoms with E-state index in [9.17, 15) is 9.59 Å². The molecule has 0 aliphatic carbocycles. The summed E-state index contributed by atoms with van der Waals surface area (Å²) in [5.74, 6) is -0.348. The second kappa shape index (κ2) is 8.58. The average Bonchev–Trinajstić information content (AvgIpc) is 2.69. The average molecular weight is 352 g/mol.